The van der Waals surface area contributed by atoms with Crippen LogP contribution >= 0.6 is 0 Å². The lowest BCUT2D eigenvalue weighted by molar-refractivity contribution is 1.33. The highest BCUT2D eigenvalue weighted by Gasteiger charge is 1.92. The van der Waals surface area contributed by atoms with Crippen molar-refractivity contribution < 1.29 is 0 Å². The fourth-order valence-corrected chi connectivity index (χ4v) is 1.53. The average molecular weight is 210 g/mol. The van der Waals surface area contributed by atoms with Crippen LogP contribution in [0.15, 0.2) is 42.6 Å². The smallest absolute Gasteiger partial charge is 0.123 e. The number of nitrogens with two attached hydrogens (primary N) is 1. The van der Waals surface area contributed by atoms with Crippen LogP contribution in [0.2, 0.25) is 0 Å². The Morgan fingerprint density at radius 3 is 2.69 bits per heavy atom. The number of rotatable bonds is 2. The summed E-state index contributed by atoms with van der Waals surface area (Å²) in [5.74, 6) is 0.548. The van der Waals surface area contributed by atoms with Crippen LogP contribution in [-0.4, -0.2) is 4.98 Å². The molecule has 2 N–H and O–H groups in total. The number of hydrogen-bond acceptors (Lipinski definition) is 2. The number of aromatic nitrogens is 1. The molecule has 2 heteroatoms. The van der Waals surface area contributed by atoms with Crippen LogP contribution in [0.1, 0.15) is 16.7 Å². The zero-order valence-corrected chi connectivity index (χ0v) is 9.22. The first-order valence-electron chi connectivity index (χ1n) is 5.21. The van der Waals surface area contributed by atoms with Crippen LogP contribution in [-0.2, 0) is 0 Å². The third kappa shape index (κ3) is 2.48. The molecule has 0 saturated heterocycles. The molecule has 0 amide bonds. The highest BCUT2D eigenvalue weighted by molar-refractivity contribution is 5.71. The fourth-order valence-electron chi connectivity index (χ4n) is 1.53. The van der Waals surface area contributed by atoms with E-state index in [2.05, 4.69) is 30.1 Å². The van der Waals surface area contributed by atoms with Crippen LogP contribution in [0.3, 0.4) is 0 Å². The monoisotopic (exact) mass is 210 g/mol. The topological polar surface area (TPSA) is 38.9 Å². The minimum atomic E-state index is 0.548. The normalized spacial score (nSPS) is 10.8. The third-order valence-corrected chi connectivity index (χ3v) is 2.45. The van der Waals surface area contributed by atoms with Gasteiger partial charge in [0.2, 0.25) is 0 Å². The van der Waals surface area contributed by atoms with E-state index < -0.39 is 0 Å². The van der Waals surface area contributed by atoms with Gasteiger partial charge in [0.15, 0.2) is 0 Å². The second-order valence-corrected chi connectivity index (χ2v) is 3.70. The molecule has 0 spiro atoms. The predicted octanol–water partition coefficient (Wildman–Crippen LogP) is 3.14. The number of hydrogen-bond donors (Lipinski definition) is 1. The molecular formula is C14H14N2. The van der Waals surface area contributed by atoms with E-state index in [-0.39, 0.29) is 0 Å². The van der Waals surface area contributed by atoms with Gasteiger partial charge in [-0.2, -0.15) is 0 Å². The van der Waals surface area contributed by atoms with Crippen molar-refractivity contribution in [2.24, 2.45) is 0 Å². The first kappa shape index (κ1) is 10.4. The van der Waals surface area contributed by atoms with Gasteiger partial charge in [-0.05, 0) is 35.7 Å². The van der Waals surface area contributed by atoms with Crippen molar-refractivity contribution in [1.29, 1.82) is 0 Å². The standard InChI is InChI=1S/C14H14N2/c1-11-4-2-3-5-13(11)7-6-12-8-9-16-14(15)10-12/h2-10H,1H3,(H2,15,16). The van der Waals surface area contributed by atoms with Gasteiger partial charge in [-0.3, -0.25) is 0 Å². The first-order chi connectivity index (χ1) is 7.75. The molecule has 0 aliphatic rings. The van der Waals surface area contributed by atoms with E-state index in [0.717, 1.165) is 5.56 Å². The van der Waals surface area contributed by atoms with Gasteiger partial charge >= 0.3 is 0 Å². The zero-order chi connectivity index (χ0) is 11.4. The molecule has 0 aliphatic carbocycles. The molecule has 2 aromatic rings. The zero-order valence-electron chi connectivity index (χ0n) is 9.22. The number of nitrogens with zero attached hydrogens (tertiary/aromatic N) is 1. The Balaban J connectivity index is 2.25. The Kier molecular flexibility index (Phi) is 3.01. The molecule has 0 aliphatic heterocycles. The van der Waals surface area contributed by atoms with E-state index in [9.17, 15) is 0 Å². The molecule has 0 fully saturated rings. The van der Waals surface area contributed by atoms with Crippen molar-refractivity contribution in [2.75, 3.05) is 5.73 Å². The molecule has 16 heavy (non-hydrogen) atoms. The summed E-state index contributed by atoms with van der Waals surface area (Å²) in [6.07, 6.45) is 5.84. The van der Waals surface area contributed by atoms with Gasteiger partial charge in [-0.1, -0.05) is 36.4 Å². The molecule has 2 nitrogen and oxygen atoms in total. The maximum Gasteiger partial charge on any atom is 0.123 e. The van der Waals surface area contributed by atoms with Gasteiger partial charge in [-0.25, -0.2) is 4.98 Å². The molecule has 1 aromatic carbocycles. The van der Waals surface area contributed by atoms with E-state index in [1.54, 1.807) is 6.20 Å². The molecule has 0 saturated carbocycles. The van der Waals surface area contributed by atoms with Gasteiger partial charge in [-0.15, -0.1) is 0 Å². The number of pyridine rings is 1. The number of benzene rings is 1. The molecule has 2 rings (SSSR count). The average Bonchev–Trinajstić information content (AvgIpc) is 2.28. The molecule has 1 heterocycles. The maximum atomic E-state index is 5.61. The highest BCUT2D eigenvalue weighted by Crippen LogP contribution is 2.12. The van der Waals surface area contributed by atoms with Crippen molar-refractivity contribution in [3.05, 3.63) is 59.3 Å². The van der Waals surface area contributed by atoms with Crippen LogP contribution < -0.4 is 5.73 Å². The molecule has 80 valence electrons. The Hall–Kier alpha value is -2.09. The summed E-state index contributed by atoms with van der Waals surface area (Å²) in [5, 5.41) is 0. The minimum absolute atomic E-state index is 0.548. The van der Waals surface area contributed by atoms with Crippen molar-refractivity contribution in [1.82, 2.24) is 4.98 Å². The summed E-state index contributed by atoms with van der Waals surface area (Å²) < 4.78 is 0. The Bertz CT molecular complexity index is 516. The summed E-state index contributed by atoms with van der Waals surface area (Å²) in [5.41, 5.74) is 9.16. The van der Waals surface area contributed by atoms with Gasteiger partial charge in [0, 0.05) is 6.20 Å². The molecule has 1 aromatic heterocycles. The number of nitrogen functional groups attached to an aromatic ring is 1. The van der Waals surface area contributed by atoms with E-state index >= 15 is 0 Å². The SMILES string of the molecule is Cc1ccccc1C=Cc1ccnc(N)c1. The second-order valence-electron chi connectivity index (χ2n) is 3.70. The minimum Gasteiger partial charge on any atom is -0.384 e. The van der Waals surface area contributed by atoms with Crippen LogP contribution in [0.4, 0.5) is 5.82 Å². The number of aryl methyl sites for hydroxylation is 1. The summed E-state index contributed by atoms with van der Waals surface area (Å²) in [7, 11) is 0. The first-order valence-corrected chi connectivity index (χ1v) is 5.21. The fraction of sp³-hybridized carbons (Fsp3) is 0.0714. The third-order valence-electron chi connectivity index (χ3n) is 2.45. The lowest BCUT2D eigenvalue weighted by Gasteiger charge is -1.99. The second kappa shape index (κ2) is 4.62. The predicted molar refractivity (Wildman–Crippen MR) is 68.8 cm³/mol. The quantitative estimate of drug-likeness (QED) is 0.827. The molecule has 0 bridgehead atoms. The summed E-state index contributed by atoms with van der Waals surface area (Å²) in [6.45, 7) is 2.10. The van der Waals surface area contributed by atoms with E-state index in [1.807, 2.05) is 30.3 Å². The molecule has 0 radical (unpaired) electrons. The van der Waals surface area contributed by atoms with Crippen molar-refractivity contribution in [3.8, 4) is 0 Å². The van der Waals surface area contributed by atoms with E-state index in [4.69, 9.17) is 5.73 Å². The van der Waals surface area contributed by atoms with Crippen molar-refractivity contribution >= 4 is 18.0 Å². The molecular weight excluding hydrogens is 196 g/mol. The summed E-state index contributed by atoms with van der Waals surface area (Å²) in [4.78, 5) is 3.96. The van der Waals surface area contributed by atoms with Gasteiger partial charge in [0.25, 0.3) is 0 Å². The lowest BCUT2D eigenvalue weighted by Crippen LogP contribution is -1.88. The van der Waals surface area contributed by atoms with E-state index in [0.29, 0.717) is 5.82 Å². The maximum absolute atomic E-state index is 5.61. The van der Waals surface area contributed by atoms with Crippen molar-refractivity contribution in [3.63, 3.8) is 0 Å². The van der Waals surface area contributed by atoms with Crippen LogP contribution in [0.5, 0.6) is 0 Å². The van der Waals surface area contributed by atoms with Crippen LogP contribution in [0, 0.1) is 6.92 Å². The lowest BCUT2D eigenvalue weighted by atomic mass is 10.1. The largest absolute Gasteiger partial charge is 0.384 e. The molecule has 0 unspecified atom stereocenters. The highest BCUT2D eigenvalue weighted by atomic mass is 14.8. The van der Waals surface area contributed by atoms with Gasteiger partial charge in [0.1, 0.15) is 5.82 Å². The van der Waals surface area contributed by atoms with E-state index in [1.165, 1.54) is 11.1 Å². The van der Waals surface area contributed by atoms with Crippen molar-refractivity contribution in [2.45, 2.75) is 6.92 Å². The summed E-state index contributed by atoms with van der Waals surface area (Å²) >= 11 is 0. The Morgan fingerprint density at radius 2 is 1.94 bits per heavy atom. The van der Waals surface area contributed by atoms with Gasteiger partial charge in [0.05, 0.1) is 0 Å². The Morgan fingerprint density at radius 1 is 1.12 bits per heavy atom. The van der Waals surface area contributed by atoms with Crippen LogP contribution in [0.25, 0.3) is 12.2 Å². The van der Waals surface area contributed by atoms with Gasteiger partial charge < -0.3 is 5.73 Å². The summed E-state index contributed by atoms with van der Waals surface area (Å²) in [6, 6.07) is 12.1. The number of anilines is 1. The molecule has 0 atom stereocenters. The Labute approximate surface area is 95.5 Å².